The first kappa shape index (κ1) is 12.2. The third kappa shape index (κ3) is 2.34. The molecule has 3 rings (SSSR count). The molecule has 0 amide bonds. The number of fused-ring (bicyclic) bond motifs is 1. The Balaban J connectivity index is 1.98. The minimum absolute atomic E-state index is 0.408. The number of allylic oxidation sites excluding steroid dienone is 1. The largest absolute Gasteiger partial charge is 0.330 e. The van der Waals surface area contributed by atoms with Crippen molar-refractivity contribution in [2.45, 2.75) is 18.8 Å². The smallest absolute Gasteiger partial charge is 0.0281 e. The van der Waals surface area contributed by atoms with E-state index >= 15 is 0 Å². The minimum atomic E-state index is 0.408. The summed E-state index contributed by atoms with van der Waals surface area (Å²) in [6.07, 6.45) is 6.67. The van der Waals surface area contributed by atoms with Crippen LogP contribution in [-0.2, 0) is 6.42 Å². The van der Waals surface area contributed by atoms with E-state index in [9.17, 15) is 0 Å². The van der Waals surface area contributed by atoms with Gasteiger partial charge in [0.1, 0.15) is 0 Å². The van der Waals surface area contributed by atoms with Crippen LogP contribution in [0.1, 0.15) is 34.6 Å². The van der Waals surface area contributed by atoms with Crippen LogP contribution in [-0.4, -0.2) is 6.54 Å². The van der Waals surface area contributed by atoms with Gasteiger partial charge in [0.2, 0.25) is 0 Å². The zero-order valence-corrected chi connectivity index (χ0v) is 11.0. The normalized spacial score (nSPS) is 16.6. The van der Waals surface area contributed by atoms with E-state index in [0.29, 0.717) is 5.92 Å². The lowest BCUT2D eigenvalue weighted by Gasteiger charge is -2.16. The summed E-state index contributed by atoms with van der Waals surface area (Å²) in [5.41, 5.74) is 11.3. The zero-order valence-electron chi connectivity index (χ0n) is 11.0. The summed E-state index contributed by atoms with van der Waals surface area (Å²) in [7, 11) is 0. The highest BCUT2D eigenvalue weighted by atomic mass is 14.5. The van der Waals surface area contributed by atoms with E-state index < -0.39 is 0 Å². The predicted molar refractivity (Wildman–Crippen MR) is 81.1 cm³/mol. The Bertz CT molecular complexity index is 598. The van der Waals surface area contributed by atoms with Crippen molar-refractivity contribution in [1.82, 2.24) is 0 Å². The third-order valence-electron chi connectivity index (χ3n) is 3.84. The second kappa shape index (κ2) is 5.41. The van der Waals surface area contributed by atoms with Crippen molar-refractivity contribution < 1.29 is 0 Å². The molecule has 1 nitrogen and oxygen atoms in total. The molecule has 0 spiro atoms. The van der Waals surface area contributed by atoms with Crippen molar-refractivity contribution in [3.05, 3.63) is 76.9 Å². The SMILES string of the molecule is NCCCc1ccccc1C1C=Cc2ccccc21. The van der Waals surface area contributed by atoms with Crippen LogP contribution in [0.4, 0.5) is 0 Å². The fraction of sp³-hybridized carbons (Fsp3) is 0.222. The molecule has 96 valence electrons. The summed E-state index contributed by atoms with van der Waals surface area (Å²) < 4.78 is 0. The third-order valence-corrected chi connectivity index (χ3v) is 3.84. The highest BCUT2D eigenvalue weighted by Gasteiger charge is 2.20. The minimum Gasteiger partial charge on any atom is -0.330 e. The molecule has 0 bridgehead atoms. The summed E-state index contributed by atoms with van der Waals surface area (Å²) in [6, 6.07) is 17.4. The standard InChI is InChI=1S/C18H19N/c19-13-5-8-14-6-1-3-9-16(14)18-12-11-15-7-2-4-10-17(15)18/h1-4,6-7,9-12,18H,5,8,13,19H2. The molecule has 1 atom stereocenters. The molecule has 0 saturated heterocycles. The Labute approximate surface area is 114 Å². The Morgan fingerprint density at radius 3 is 2.47 bits per heavy atom. The van der Waals surface area contributed by atoms with Gasteiger partial charge in [-0.1, -0.05) is 60.7 Å². The molecule has 0 radical (unpaired) electrons. The molecule has 1 unspecified atom stereocenters. The molecule has 2 N–H and O–H groups in total. The maximum absolute atomic E-state index is 5.64. The number of hydrogen-bond donors (Lipinski definition) is 1. The predicted octanol–water partition coefficient (Wildman–Crippen LogP) is 3.74. The van der Waals surface area contributed by atoms with Crippen molar-refractivity contribution in [3.8, 4) is 0 Å². The van der Waals surface area contributed by atoms with Crippen molar-refractivity contribution in [1.29, 1.82) is 0 Å². The quantitative estimate of drug-likeness (QED) is 0.877. The molecule has 0 heterocycles. The average Bonchev–Trinajstić information content (AvgIpc) is 2.89. The topological polar surface area (TPSA) is 26.0 Å². The monoisotopic (exact) mass is 249 g/mol. The molecule has 2 aromatic carbocycles. The van der Waals surface area contributed by atoms with Crippen molar-refractivity contribution in [3.63, 3.8) is 0 Å². The van der Waals surface area contributed by atoms with Crippen LogP contribution >= 0.6 is 0 Å². The van der Waals surface area contributed by atoms with Gasteiger partial charge in [0.05, 0.1) is 0 Å². The van der Waals surface area contributed by atoms with Crippen molar-refractivity contribution in [2.24, 2.45) is 5.73 Å². The fourth-order valence-electron chi connectivity index (χ4n) is 2.88. The Hall–Kier alpha value is -1.86. The van der Waals surface area contributed by atoms with Gasteiger partial charge >= 0.3 is 0 Å². The van der Waals surface area contributed by atoms with Crippen LogP contribution in [0.2, 0.25) is 0 Å². The summed E-state index contributed by atoms with van der Waals surface area (Å²) in [5, 5.41) is 0. The lowest BCUT2D eigenvalue weighted by Crippen LogP contribution is -2.04. The van der Waals surface area contributed by atoms with Crippen LogP contribution < -0.4 is 5.73 Å². The Kier molecular flexibility index (Phi) is 3.47. The summed E-state index contributed by atoms with van der Waals surface area (Å²) >= 11 is 0. The second-order valence-electron chi connectivity index (χ2n) is 5.06. The maximum atomic E-state index is 5.64. The molecule has 1 heteroatoms. The first-order valence-electron chi connectivity index (χ1n) is 6.95. The fourth-order valence-corrected chi connectivity index (χ4v) is 2.88. The molecular weight excluding hydrogens is 230 g/mol. The van der Waals surface area contributed by atoms with Crippen LogP contribution in [0, 0.1) is 0 Å². The number of benzene rings is 2. The summed E-state index contributed by atoms with van der Waals surface area (Å²) in [6.45, 7) is 0.755. The van der Waals surface area contributed by atoms with E-state index in [-0.39, 0.29) is 0 Å². The number of hydrogen-bond acceptors (Lipinski definition) is 1. The highest BCUT2D eigenvalue weighted by Crippen LogP contribution is 2.36. The molecule has 0 aliphatic heterocycles. The van der Waals surface area contributed by atoms with E-state index in [2.05, 4.69) is 60.7 Å². The van der Waals surface area contributed by atoms with Crippen LogP contribution in [0.3, 0.4) is 0 Å². The molecule has 0 aromatic heterocycles. The first-order valence-corrected chi connectivity index (χ1v) is 6.95. The summed E-state index contributed by atoms with van der Waals surface area (Å²) in [4.78, 5) is 0. The molecule has 1 aliphatic carbocycles. The maximum Gasteiger partial charge on any atom is 0.0281 e. The molecular formula is C18H19N. The number of nitrogens with two attached hydrogens (primary N) is 1. The number of rotatable bonds is 4. The van der Waals surface area contributed by atoms with Gasteiger partial charge in [0, 0.05) is 5.92 Å². The molecule has 2 aromatic rings. The Morgan fingerprint density at radius 2 is 1.63 bits per heavy atom. The van der Waals surface area contributed by atoms with Gasteiger partial charge in [0.15, 0.2) is 0 Å². The van der Waals surface area contributed by atoms with E-state index in [1.165, 1.54) is 22.3 Å². The number of aryl methyl sites for hydroxylation is 1. The van der Waals surface area contributed by atoms with E-state index in [4.69, 9.17) is 5.73 Å². The van der Waals surface area contributed by atoms with E-state index in [1.807, 2.05) is 0 Å². The molecule has 0 saturated carbocycles. The van der Waals surface area contributed by atoms with E-state index in [1.54, 1.807) is 0 Å². The van der Waals surface area contributed by atoms with Gasteiger partial charge in [-0.05, 0) is 41.6 Å². The van der Waals surface area contributed by atoms with Gasteiger partial charge < -0.3 is 5.73 Å². The van der Waals surface area contributed by atoms with Gasteiger partial charge in [-0.15, -0.1) is 0 Å². The van der Waals surface area contributed by atoms with Crippen LogP contribution in [0.5, 0.6) is 0 Å². The Morgan fingerprint density at radius 1 is 0.895 bits per heavy atom. The van der Waals surface area contributed by atoms with Crippen LogP contribution in [0.25, 0.3) is 6.08 Å². The van der Waals surface area contributed by atoms with Gasteiger partial charge in [-0.2, -0.15) is 0 Å². The first-order chi connectivity index (χ1) is 9.40. The molecule has 1 aliphatic rings. The average molecular weight is 249 g/mol. The highest BCUT2D eigenvalue weighted by molar-refractivity contribution is 5.65. The van der Waals surface area contributed by atoms with Crippen molar-refractivity contribution in [2.75, 3.05) is 6.54 Å². The zero-order chi connectivity index (χ0) is 13.1. The molecule has 0 fully saturated rings. The summed E-state index contributed by atoms with van der Waals surface area (Å²) in [5.74, 6) is 0.408. The van der Waals surface area contributed by atoms with E-state index in [0.717, 1.165) is 19.4 Å². The van der Waals surface area contributed by atoms with Gasteiger partial charge in [0.25, 0.3) is 0 Å². The van der Waals surface area contributed by atoms with Crippen LogP contribution in [0.15, 0.2) is 54.6 Å². The lowest BCUT2D eigenvalue weighted by atomic mass is 9.88. The van der Waals surface area contributed by atoms with Gasteiger partial charge in [-0.3, -0.25) is 0 Å². The molecule has 19 heavy (non-hydrogen) atoms. The second-order valence-corrected chi connectivity index (χ2v) is 5.06. The van der Waals surface area contributed by atoms with Crippen molar-refractivity contribution >= 4 is 6.08 Å². The lowest BCUT2D eigenvalue weighted by molar-refractivity contribution is 0.818. The van der Waals surface area contributed by atoms with Gasteiger partial charge in [-0.25, -0.2) is 0 Å².